The molecule has 2 aliphatic carbocycles. The van der Waals surface area contributed by atoms with Crippen molar-refractivity contribution in [2.24, 2.45) is 11.8 Å². The van der Waals surface area contributed by atoms with E-state index in [1.807, 2.05) is 36.4 Å². The second-order valence-electron chi connectivity index (χ2n) is 11.2. The highest BCUT2D eigenvalue weighted by atomic mass is 19.2. The molecule has 3 aromatic carbocycles. The lowest BCUT2D eigenvalue weighted by Crippen LogP contribution is -2.27. The number of anilines is 1. The zero-order valence-corrected chi connectivity index (χ0v) is 21.4. The molecule has 1 atom stereocenters. The molecule has 1 heterocycles. The smallest absolute Gasteiger partial charge is 0.254 e. The summed E-state index contributed by atoms with van der Waals surface area (Å²) in [6.45, 7) is 0.588. The van der Waals surface area contributed by atoms with Crippen molar-refractivity contribution < 1.29 is 18.4 Å². The number of fused-ring (bicyclic) bond motifs is 1. The average Bonchev–Trinajstić information content (AvgIpc) is 3.46. The molecule has 2 saturated carbocycles. The first kappa shape index (κ1) is 24.8. The number of hydrogen-bond donors (Lipinski definition) is 1. The van der Waals surface area contributed by atoms with Crippen LogP contribution in [0.5, 0.6) is 0 Å². The number of hydrogen-bond acceptors (Lipinski definition) is 2. The Morgan fingerprint density at radius 1 is 0.921 bits per heavy atom. The van der Waals surface area contributed by atoms with Gasteiger partial charge in [0.25, 0.3) is 5.91 Å². The van der Waals surface area contributed by atoms with Crippen LogP contribution in [0, 0.1) is 23.5 Å². The van der Waals surface area contributed by atoms with E-state index in [0.29, 0.717) is 18.0 Å². The third-order valence-electron chi connectivity index (χ3n) is 8.31. The number of amides is 2. The molecule has 0 radical (unpaired) electrons. The van der Waals surface area contributed by atoms with Crippen LogP contribution in [0.15, 0.2) is 60.7 Å². The average molecular weight is 515 g/mol. The molecular weight excluding hydrogens is 482 g/mol. The Morgan fingerprint density at radius 2 is 1.66 bits per heavy atom. The van der Waals surface area contributed by atoms with Gasteiger partial charge >= 0.3 is 0 Å². The maximum absolute atomic E-state index is 13.6. The lowest BCUT2D eigenvalue weighted by Gasteiger charge is -2.24. The largest absolute Gasteiger partial charge is 0.330 e. The summed E-state index contributed by atoms with van der Waals surface area (Å²) in [4.78, 5) is 27.9. The highest BCUT2D eigenvalue weighted by Crippen LogP contribution is 2.39. The fourth-order valence-corrected chi connectivity index (χ4v) is 6.12. The van der Waals surface area contributed by atoms with Gasteiger partial charge in [0.15, 0.2) is 11.6 Å². The molecule has 2 fully saturated rings. The molecule has 0 aromatic heterocycles. The second-order valence-corrected chi connectivity index (χ2v) is 11.2. The van der Waals surface area contributed by atoms with Crippen LogP contribution < -0.4 is 5.32 Å². The Morgan fingerprint density at radius 3 is 2.39 bits per heavy atom. The van der Waals surface area contributed by atoms with E-state index in [4.69, 9.17) is 0 Å². The number of carbonyl (C=O) groups excluding carboxylic acids is 2. The highest BCUT2D eigenvalue weighted by Gasteiger charge is 2.33. The van der Waals surface area contributed by atoms with E-state index in [2.05, 4.69) is 17.4 Å². The summed E-state index contributed by atoms with van der Waals surface area (Å²) in [6.07, 6.45) is 8.03. The molecule has 1 aliphatic heterocycles. The Kier molecular flexibility index (Phi) is 6.73. The summed E-state index contributed by atoms with van der Waals surface area (Å²) in [6, 6.07) is 18.2. The first-order valence-corrected chi connectivity index (χ1v) is 13.7. The maximum atomic E-state index is 13.6. The standard InChI is InChI=1S/C32H32F2N2O2/c33-28-16-25-19-36(32(38)27(25)17-29(28)34)18-21-10-12-24(13-11-21)30(23-5-1-2-6-23)31(37)35-26-7-3-4-22(15-26)14-20-8-9-20/h3-4,7,10-13,15-17,20,23,30H,1-2,5-6,8-9,14,18-19H2,(H,35,37). The van der Waals surface area contributed by atoms with Crippen LogP contribution in [0.4, 0.5) is 14.5 Å². The van der Waals surface area contributed by atoms with Crippen LogP contribution >= 0.6 is 0 Å². The van der Waals surface area contributed by atoms with Gasteiger partial charge in [-0.1, -0.05) is 49.2 Å². The van der Waals surface area contributed by atoms with E-state index in [9.17, 15) is 18.4 Å². The SMILES string of the molecule is O=C(Nc1cccc(CC2CC2)c1)C(c1ccc(CN2Cc3cc(F)c(F)cc3C2=O)cc1)C1CCCC1. The first-order valence-electron chi connectivity index (χ1n) is 13.7. The minimum absolute atomic E-state index is 0.0300. The van der Waals surface area contributed by atoms with Crippen molar-refractivity contribution in [1.82, 2.24) is 4.90 Å². The lowest BCUT2D eigenvalue weighted by atomic mass is 9.83. The van der Waals surface area contributed by atoms with Crippen LogP contribution in [-0.2, 0) is 24.3 Å². The highest BCUT2D eigenvalue weighted by molar-refractivity contribution is 5.98. The van der Waals surface area contributed by atoms with E-state index >= 15 is 0 Å². The van der Waals surface area contributed by atoms with Crippen LogP contribution in [0.25, 0.3) is 0 Å². The molecule has 1 unspecified atom stereocenters. The van der Waals surface area contributed by atoms with Crippen molar-refractivity contribution >= 4 is 17.5 Å². The van der Waals surface area contributed by atoms with Crippen LogP contribution in [0.3, 0.4) is 0 Å². The van der Waals surface area contributed by atoms with Crippen molar-refractivity contribution in [3.63, 3.8) is 0 Å². The van der Waals surface area contributed by atoms with Crippen LogP contribution in [0.2, 0.25) is 0 Å². The van der Waals surface area contributed by atoms with Gasteiger partial charge in [0.05, 0.1) is 5.92 Å². The summed E-state index contributed by atoms with van der Waals surface area (Å²) in [5.41, 5.74) is 4.75. The molecule has 2 amide bonds. The minimum atomic E-state index is -1.01. The Balaban J connectivity index is 1.17. The number of benzene rings is 3. The zero-order valence-electron chi connectivity index (χ0n) is 21.4. The molecule has 3 aliphatic rings. The van der Waals surface area contributed by atoms with Gasteiger partial charge in [-0.05, 0) is 90.5 Å². The second kappa shape index (κ2) is 10.3. The quantitative estimate of drug-likeness (QED) is 0.352. The van der Waals surface area contributed by atoms with Gasteiger partial charge in [0.2, 0.25) is 5.91 Å². The predicted octanol–water partition coefficient (Wildman–Crippen LogP) is 6.99. The van der Waals surface area contributed by atoms with E-state index in [1.54, 1.807) is 4.90 Å². The molecule has 1 N–H and O–H groups in total. The molecule has 3 aromatic rings. The molecule has 6 heteroatoms. The Labute approximate surface area is 222 Å². The van der Waals surface area contributed by atoms with E-state index < -0.39 is 11.6 Å². The van der Waals surface area contributed by atoms with Crippen molar-refractivity contribution in [3.8, 4) is 0 Å². The molecule has 4 nitrogen and oxygen atoms in total. The van der Waals surface area contributed by atoms with Crippen LogP contribution in [-0.4, -0.2) is 16.7 Å². The minimum Gasteiger partial charge on any atom is -0.330 e. The van der Waals surface area contributed by atoms with E-state index in [-0.39, 0.29) is 29.8 Å². The summed E-state index contributed by atoms with van der Waals surface area (Å²) >= 11 is 0. The normalized spacial score (nSPS) is 18.1. The monoisotopic (exact) mass is 514 g/mol. The number of halogens is 2. The summed E-state index contributed by atoms with van der Waals surface area (Å²) < 4.78 is 27.3. The third kappa shape index (κ3) is 5.22. The number of nitrogens with one attached hydrogen (secondary N) is 1. The first-order chi connectivity index (χ1) is 18.4. The summed E-state index contributed by atoms with van der Waals surface area (Å²) in [5, 5.41) is 3.20. The molecule has 0 bridgehead atoms. The van der Waals surface area contributed by atoms with Gasteiger partial charge in [-0.3, -0.25) is 9.59 Å². The number of rotatable bonds is 8. The van der Waals surface area contributed by atoms with Crippen molar-refractivity contribution in [2.75, 3.05) is 5.32 Å². The van der Waals surface area contributed by atoms with Gasteiger partial charge in [0.1, 0.15) is 0 Å². The maximum Gasteiger partial charge on any atom is 0.254 e. The van der Waals surface area contributed by atoms with Gasteiger partial charge in [0, 0.05) is 24.3 Å². The molecule has 0 saturated heterocycles. The van der Waals surface area contributed by atoms with E-state index in [0.717, 1.165) is 67.0 Å². The summed E-state index contributed by atoms with van der Waals surface area (Å²) in [5.74, 6) is -1.35. The molecule has 6 rings (SSSR count). The summed E-state index contributed by atoms with van der Waals surface area (Å²) in [7, 11) is 0. The molecule has 38 heavy (non-hydrogen) atoms. The van der Waals surface area contributed by atoms with Crippen LogP contribution in [0.1, 0.15) is 77.1 Å². The topological polar surface area (TPSA) is 49.4 Å². The Bertz CT molecular complexity index is 1360. The van der Waals surface area contributed by atoms with Crippen molar-refractivity contribution in [1.29, 1.82) is 0 Å². The lowest BCUT2D eigenvalue weighted by molar-refractivity contribution is -0.118. The Hall–Kier alpha value is -3.54. The number of carbonyl (C=O) groups is 2. The van der Waals surface area contributed by atoms with Gasteiger partial charge in [-0.2, -0.15) is 0 Å². The van der Waals surface area contributed by atoms with Crippen molar-refractivity contribution in [2.45, 2.75) is 64.0 Å². The molecule has 196 valence electrons. The van der Waals surface area contributed by atoms with Gasteiger partial charge in [-0.25, -0.2) is 8.78 Å². The fraction of sp³-hybridized carbons (Fsp3) is 0.375. The van der Waals surface area contributed by atoms with E-state index in [1.165, 1.54) is 18.4 Å². The molecular formula is C32H32F2N2O2. The van der Waals surface area contributed by atoms with Crippen molar-refractivity contribution in [3.05, 3.63) is 100 Å². The third-order valence-corrected chi connectivity index (χ3v) is 8.31. The number of nitrogens with zero attached hydrogens (tertiary/aromatic N) is 1. The van der Waals surface area contributed by atoms with Gasteiger partial charge < -0.3 is 10.2 Å². The zero-order chi connectivity index (χ0) is 26.2. The predicted molar refractivity (Wildman–Crippen MR) is 143 cm³/mol. The fourth-order valence-electron chi connectivity index (χ4n) is 6.12. The van der Waals surface area contributed by atoms with Gasteiger partial charge in [-0.15, -0.1) is 0 Å². The molecule has 0 spiro atoms.